The SMILES string of the molecule is CC(C)(NC(=O)c1nc2c(s1)C(=O)c1ccncc1C2=O)c1ccccc1. The molecule has 0 aliphatic heterocycles. The molecular formula is C20H15N3O3S. The summed E-state index contributed by atoms with van der Waals surface area (Å²) in [5, 5.41) is 3.01. The van der Waals surface area contributed by atoms with E-state index in [1.54, 1.807) is 0 Å². The van der Waals surface area contributed by atoms with E-state index in [1.165, 1.54) is 18.5 Å². The summed E-state index contributed by atoms with van der Waals surface area (Å²) in [6.07, 6.45) is 2.82. The highest BCUT2D eigenvalue weighted by molar-refractivity contribution is 7.16. The van der Waals surface area contributed by atoms with Crippen LogP contribution in [0.4, 0.5) is 0 Å². The Balaban J connectivity index is 1.66. The van der Waals surface area contributed by atoms with Crippen molar-refractivity contribution >= 4 is 28.8 Å². The molecule has 6 nitrogen and oxygen atoms in total. The molecule has 7 heteroatoms. The van der Waals surface area contributed by atoms with Crippen LogP contribution in [0, 0.1) is 0 Å². The lowest BCUT2D eigenvalue weighted by Crippen LogP contribution is -2.40. The number of hydrogen-bond acceptors (Lipinski definition) is 6. The molecule has 0 saturated heterocycles. The fraction of sp³-hybridized carbons (Fsp3) is 0.150. The number of pyridine rings is 1. The molecule has 1 aromatic carbocycles. The number of benzene rings is 1. The molecule has 0 atom stereocenters. The maximum atomic E-state index is 12.7. The number of carbonyl (C=O) groups is 3. The molecule has 2 heterocycles. The van der Waals surface area contributed by atoms with Crippen LogP contribution in [0.1, 0.15) is 60.5 Å². The first-order valence-corrected chi connectivity index (χ1v) is 9.12. The van der Waals surface area contributed by atoms with Crippen molar-refractivity contribution in [3.05, 3.63) is 81.1 Å². The van der Waals surface area contributed by atoms with Gasteiger partial charge in [0.25, 0.3) is 5.91 Å². The molecular weight excluding hydrogens is 362 g/mol. The quantitative estimate of drug-likeness (QED) is 0.593. The van der Waals surface area contributed by atoms with E-state index in [4.69, 9.17) is 0 Å². The van der Waals surface area contributed by atoms with Crippen molar-refractivity contribution in [2.75, 3.05) is 0 Å². The van der Waals surface area contributed by atoms with Gasteiger partial charge in [0.1, 0.15) is 10.6 Å². The number of ketones is 2. The van der Waals surface area contributed by atoms with E-state index in [1.807, 2.05) is 44.2 Å². The Hall–Kier alpha value is -3.19. The number of aromatic nitrogens is 2. The summed E-state index contributed by atoms with van der Waals surface area (Å²) in [5.74, 6) is -1.11. The van der Waals surface area contributed by atoms with Crippen LogP contribution in [0.5, 0.6) is 0 Å². The maximum Gasteiger partial charge on any atom is 0.280 e. The fourth-order valence-corrected chi connectivity index (χ4v) is 3.92. The zero-order valence-corrected chi connectivity index (χ0v) is 15.5. The summed E-state index contributed by atoms with van der Waals surface area (Å²) in [7, 11) is 0. The number of nitrogens with one attached hydrogen (secondary N) is 1. The lowest BCUT2D eigenvalue weighted by Gasteiger charge is -2.26. The van der Waals surface area contributed by atoms with E-state index in [-0.39, 0.29) is 32.7 Å². The normalized spacial score (nSPS) is 13.1. The van der Waals surface area contributed by atoms with E-state index in [0.717, 1.165) is 16.9 Å². The van der Waals surface area contributed by atoms with E-state index < -0.39 is 11.4 Å². The second kappa shape index (κ2) is 6.21. The number of carbonyl (C=O) groups excluding carboxylic acids is 3. The Morgan fingerprint density at radius 2 is 1.78 bits per heavy atom. The smallest absolute Gasteiger partial charge is 0.280 e. The highest BCUT2D eigenvalue weighted by Crippen LogP contribution is 2.31. The van der Waals surface area contributed by atoms with Crippen molar-refractivity contribution in [1.29, 1.82) is 0 Å². The molecule has 0 bridgehead atoms. The van der Waals surface area contributed by atoms with Gasteiger partial charge in [-0.05, 0) is 25.5 Å². The molecule has 0 radical (unpaired) electrons. The summed E-state index contributed by atoms with van der Waals surface area (Å²) in [6.45, 7) is 3.76. The summed E-state index contributed by atoms with van der Waals surface area (Å²) in [6, 6.07) is 11.0. The minimum atomic E-state index is -0.634. The van der Waals surface area contributed by atoms with Crippen molar-refractivity contribution in [2.45, 2.75) is 19.4 Å². The van der Waals surface area contributed by atoms with Gasteiger partial charge in [0.2, 0.25) is 11.6 Å². The van der Waals surface area contributed by atoms with Crippen LogP contribution in [0.25, 0.3) is 0 Å². The first-order chi connectivity index (χ1) is 12.9. The van der Waals surface area contributed by atoms with Crippen LogP contribution >= 0.6 is 11.3 Å². The molecule has 0 fully saturated rings. The summed E-state index contributed by atoms with van der Waals surface area (Å²) in [4.78, 5) is 46.3. The Kier molecular flexibility index (Phi) is 3.96. The number of hydrogen-bond donors (Lipinski definition) is 1. The van der Waals surface area contributed by atoms with Crippen LogP contribution in [-0.2, 0) is 5.54 Å². The third-order valence-corrected chi connectivity index (χ3v) is 5.53. The predicted octanol–water partition coefficient (Wildman–Crippen LogP) is 2.98. The largest absolute Gasteiger partial charge is 0.341 e. The molecule has 0 spiro atoms. The first kappa shape index (κ1) is 17.2. The highest BCUT2D eigenvalue weighted by atomic mass is 32.1. The third-order valence-electron chi connectivity index (χ3n) is 4.47. The Morgan fingerprint density at radius 3 is 2.52 bits per heavy atom. The lowest BCUT2D eigenvalue weighted by molar-refractivity contribution is 0.0911. The third kappa shape index (κ3) is 2.86. The Morgan fingerprint density at radius 1 is 1.04 bits per heavy atom. The molecule has 0 unspecified atom stereocenters. The van der Waals surface area contributed by atoms with Crippen LogP contribution in [-0.4, -0.2) is 27.4 Å². The van der Waals surface area contributed by atoms with E-state index in [2.05, 4.69) is 15.3 Å². The number of nitrogens with zero attached hydrogens (tertiary/aromatic N) is 2. The molecule has 2 aromatic heterocycles. The van der Waals surface area contributed by atoms with E-state index in [0.29, 0.717) is 5.56 Å². The van der Waals surface area contributed by atoms with Gasteiger partial charge in [-0.15, -0.1) is 11.3 Å². The molecule has 1 amide bonds. The van der Waals surface area contributed by atoms with Crippen LogP contribution in [0.2, 0.25) is 0 Å². The maximum absolute atomic E-state index is 12.7. The van der Waals surface area contributed by atoms with Gasteiger partial charge < -0.3 is 5.32 Å². The van der Waals surface area contributed by atoms with Gasteiger partial charge in [-0.25, -0.2) is 4.98 Å². The lowest BCUT2D eigenvalue weighted by atomic mass is 9.93. The van der Waals surface area contributed by atoms with Crippen molar-refractivity contribution in [3.8, 4) is 0 Å². The van der Waals surface area contributed by atoms with Gasteiger partial charge in [-0.3, -0.25) is 19.4 Å². The highest BCUT2D eigenvalue weighted by Gasteiger charge is 2.35. The van der Waals surface area contributed by atoms with Gasteiger partial charge >= 0.3 is 0 Å². The van der Waals surface area contributed by atoms with Crippen LogP contribution in [0.15, 0.2) is 48.8 Å². The standard InChI is InChI=1S/C20H15N3O3S/c1-20(2,11-6-4-3-5-7-11)23-18(26)19-22-14-15(24)13-10-21-9-8-12(13)16(25)17(14)27-19/h3-10H,1-2H3,(H,23,26). The summed E-state index contributed by atoms with van der Waals surface area (Å²) < 4.78 is 0. The molecule has 0 saturated carbocycles. The number of fused-ring (bicyclic) bond motifs is 2. The van der Waals surface area contributed by atoms with Gasteiger partial charge in [0.15, 0.2) is 5.01 Å². The van der Waals surface area contributed by atoms with Crippen molar-refractivity contribution < 1.29 is 14.4 Å². The topological polar surface area (TPSA) is 89.0 Å². The summed E-state index contributed by atoms with van der Waals surface area (Å²) >= 11 is 0.941. The minimum absolute atomic E-state index is 0.0215. The molecule has 1 aliphatic rings. The zero-order valence-electron chi connectivity index (χ0n) is 14.6. The molecule has 134 valence electrons. The number of thiazole rings is 1. The van der Waals surface area contributed by atoms with Gasteiger partial charge in [0.05, 0.1) is 11.1 Å². The van der Waals surface area contributed by atoms with E-state index in [9.17, 15) is 14.4 Å². The fourth-order valence-electron chi connectivity index (χ4n) is 3.01. The monoisotopic (exact) mass is 377 g/mol. The van der Waals surface area contributed by atoms with Gasteiger partial charge in [-0.2, -0.15) is 0 Å². The van der Waals surface area contributed by atoms with Crippen molar-refractivity contribution in [2.24, 2.45) is 0 Å². The first-order valence-electron chi connectivity index (χ1n) is 8.31. The second-order valence-electron chi connectivity index (χ2n) is 6.72. The van der Waals surface area contributed by atoms with Gasteiger partial charge in [-0.1, -0.05) is 30.3 Å². The molecule has 1 N–H and O–H groups in total. The summed E-state index contributed by atoms with van der Waals surface area (Å²) in [5.41, 5.74) is 0.837. The number of amides is 1. The van der Waals surface area contributed by atoms with Crippen LogP contribution in [0.3, 0.4) is 0 Å². The molecule has 27 heavy (non-hydrogen) atoms. The molecule has 3 aromatic rings. The van der Waals surface area contributed by atoms with Gasteiger partial charge in [0, 0.05) is 18.0 Å². The minimum Gasteiger partial charge on any atom is -0.341 e. The molecule has 4 rings (SSSR count). The molecule has 1 aliphatic carbocycles. The second-order valence-corrected chi connectivity index (χ2v) is 7.72. The average Bonchev–Trinajstić information content (AvgIpc) is 3.13. The zero-order chi connectivity index (χ0) is 19.2. The van der Waals surface area contributed by atoms with Crippen molar-refractivity contribution in [1.82, 2.24) is 15.3 Å². The average molecular weight is 377 g/mol. The Labute approximate surface area is 159 Å². The number of rotatable bonds is 3. The van der Waals surface area contributed by atoms with E-state index >= 15 is 0 Å². The van der Waals surface area contributed by atoms with Crippen LogP contribution < -0.4 is 5.32 Å². The predicted molar refractivity (Wildman–Crippen MR) is 100 cm³/mol. The Bertz CT molecular complexity index is 1030. The van der Waals surface area contributed by atoms with Crippen molar-refractivity contribution in [3.63, 3.8) is 0 Å².